The Morgan fingerprint density at radius 2 is 2.12 bits per heavy atom. The number of hydrogen-bond acceptors (Lipinski definition) is 4. The number of benzene rings is 2. The van der Waals surface area contributed by atoms with Crippen LogP contribution in [0.3, 0.4) is 0 Å². The molecule has 2 aromatic carbocycles. The molecule has 0 aliphatic rings. The summed E-state index contributed by atoms with van der Waals surface area (Å²) in [5, 5.41) is 4.72. The smallest absolute Gasteiger partial charge is 0.262 e. The van der Waals surface area contributed by atoms with Crippen molar-refractivity contribution in [3.63, 3.8) is 0 Å². The van der Waals surface area contributed by atoms with Gasteiger partial charge in [-0.25, -0.2) is 9.37 Å². The highest BCUT2D eigenvalue weighted by Gasteiger charge is 2.09. The van der Waals surface area contributed by atoms with Crippen molar-refractivity contribution < 1.29 is 13.9 Å². The Hall–Kier alpha value is -3.19. The molecule has 2 aromatic heterocycles. The molecule has 7 heteroatoms. The molecule has 0 fully saturated rings. The third kappa shape index (κ3) is 3.43. The van der Waals surface area contributed by atoms with Crippen molar-refractivity contribution in [1.29, 1.82) is 0 Å². The summed E-state index contributed by atoms with van der Waals surface area (Å²) in [6.45, 7) is -0.272. The van der Waals surface area contributed by atoms with E-state index in [1.807, 2.05) is 40.4 Å². The average molecular weight is 367 g/mol. The van der Waals surface area contributed by atoms with E-state index in [0.717, 1.165) is 16.2 Å². The lowest BCUT2D eigenvalue weighted by Crippen LogP contribution is -2.20. The lowest BCUT2D eigenvalue weighted by Gasteiger charge is -2.09. The summed E-state index contributed by atoms with van der Waals surface area (Å²) in [6.07, 6.45) is 3.89. The number of amides is 1. The standard InChI is InChI=1S/C19H14FN3O2S/c20-15-6-1-2-7-17(15)25-12-18(24)21-14-5-3-4-13(10-14)16-11-23-8-9-26-19(23)22-16/h1-11H,12H2,(H,21,24). The van der Waals surface area contributed by atoms with Gasteiger partial charge in [0, 0.05) is 29.0 Å². The van der Waals surface area contributed by atoms with E-state index in [2.05, 4.69) is 10.3 Å². The second-order valence-corrected chi connectivity index (χ2v) is 6.44. The first-order valence-electron chi connectivity index (χ1n) is 7.89. The summed E-state index contributed by atoms with van der Waals surface area (Å²) in [7, 11) is 0. The van der Waals surface area contributed by atoms with Gasteiger partial charge in [-0.2, -0.15) is 0 Å². The summed E-state index contributed by atoms with van der Waals surface area (Å²) >= 11 is 1.56. The molecule has 0 aliphatic carbocycles. The Kier molecular flexibility index (Phi) is 4.37. The van der Waals surface area contributed by atoms with Crippen molar-refractivity contribution in [3.8, 4) is 17.0 Å². The van der Waals surface area contributed by atoms with Crippen LogP contribution in [-0.4, -0.2) is 21.9 Å². The third-order valence-electron chi connectivity index (χ3n) is 3.73. The molecular formula is C19H14FN3O2S. The number of fused-ring (bicyclic) bond motifs is 1. The molecule has 0 radical (unpaired) electrons. The molecule has 4 aromatic rings. The first-order chi connectivity index (χ1) is 12.7. The molecule has 0 unspecified atom stereocenters. The number of halogens is 1. The Morgan fingerprint density at radius 3 is 2.96 bits per heavy atom. The number of nitrogens with one attached hydrogen (secondary N) is 1. The van der Waals surface area contributed by atoms with Gasteiger partial charge in [0.1, 0.15) is 0 Å². The van der Waals surface area contributed by atoms with Crippen LogP contribution < -0.4 is 10.1 Å². The fourth-order valence-corrected chi connectivity index (χ4v) is 3.23. The van der Waals surface area contributed by atoms with Crippen LogP contribution in [0.1, 0.15) is 0 Å². The van der Waals surface area contributed by atoms with Crippen molar-refractivity contribution in [2.24, 2.45) is 0 Å². The molecule has 0 spiro atoms. The fraction of sp³-hybridized carbons (Fsp3) is 0.0526. The van der Waals surface area contributed by atoms with Crippen LogP contribution in [0.15, 0.2) is 66.3 Å². The van der Waals surface area contributed by atoms with Gasteiger partial charge >= 0.3 is 0 Å². The number of hydrogen-bond donors (Lipinski definition) is 1. The highest BCUT2D eigenvalue weighted by molar-refractivity contribution is 7.15. The number of thiazole rings is 1. The molecule has 5 nitrogen and oxygen atoms in total. The zero-order valence-corrected chi connectivity index (χ0v) is 14.4. The van der Waals surface area contributed by atoms with Gasteiger partial charge in [0.2, 0.25) is 0 Å². The monoisotopic (exact) mass is 367 g/mol. The number of para-hydroxylation sites is 1. The van der Waals surface area contributed by atoms with Gasteiger partial charge in [-0.3, -0.25) is 9.20 Å². The Bertz CT molecular complexity index is 1040. The minimum Gasteiger partial charge on any atom is -0.481 e. The molecule has 26 heavy (non-hydrogen) atoms. The fourth-order valence-electron chi connectivity index (χ4n) is 2.52. The molecular weight excluding hydrogens is 353 g/mol. The molecule has 1 amide bonds. The van der Waals surface area contributed by atoms with Crippen molar-refractivity contribution in [1.82, 2.24) is 9.38 Å². The largest absolute Gasteiger partial charge is 0.481 e. The maximum absolute atomic E-state index is 13.5. The van der Waals surface area contributed by atoms with Crippen molar-refractivity contribution in [2.45, 2.75) is 0 Å². The Labute approximate surface area is 152 Å². The van der Waals surface area contributed by atoms with Crippen molar-refractivity contribution in [2.75, 3.05) is 11.9 Å². The van der Waals surface area contributed by atoms with E-state index in [0.29, 0.717) is 5.69 Å². The Morgan fingerprint density at radius 1 is 1.23 bits per heavy atom. The van der Waals surface area contributed by atoms with E-state index >= 15 is 0 Å². The summed E-state index contributed by atoms with van der Waals surface area (Å²) in [4.78, 5) is 17.5. The van der Waals surface area contributed by atoms with Gasteiger partial charge in [-0.15, -0.1) is 11.3 Å². The van der Waals surface area contributed by atoms with Gasteiger partial charge in [0.25, 0.3) is 5.91 Å². The second kappa shape index (κ2) is 6.97. The number of ether oxygens (including phenoxy) is 1. The zero-order chi connectivity index (χ0) is 17.9. The summed E-state index contributed by atoms with van der Waals surface area (Å²) in [5.74, 6) is -0.812. The molecule has 0 aliphatic heterocycles. The van der Waals surface area contributed by atoms with Gasteiger partial charge in [0.05, 0.1) is 5.69 Å². The SMILES string of the molecule is O=C(COc1ccccc1F)Nc1cccc(-c2cn3ccsc3n2)c1. The van der Waals surface area contributed by atoms with Crippen LogP contribution in [0.25, 0.3) is 16.2 Å². The number of imidazole rings is 1. The number of carbonyl (C=O) groups excluding carboxylic acids is 1. The highest BCUT2D eigenvalue weighted by atomic mass is 32.1. The van der Waals surface area contributed by atoms with Crippen LogP contribution >= 0.6 is 11.3 Å². The summed E-state index contributed by atoms with van der Waals surface area (Å²) < 4.78 is 20.7. The van der Waals surface area contributed by atoms with Crippen LogP contribution in [0.5, 0.6) is 5.75 Å². The van der Waals surface area contributed by atoms with Crippen LogP contribution in [0.2, 0.25) is 0 Å². The highest BCUT2D eigenvalue weighted by Crippen LogP contribution is 2.24. The maximum atomic E-state index is 13.5. The van der Waals surface area contributed by atoms with Crippen LogP contribution in [0.4, 0.5) is 10.1 Å². The third-order valence-corrected chi connectivity index (χ3v) is 4.50. The molecule has 0 atom stereocenters. The summed E-state index contributed by atoms with van der Waals surface area (Å²) in [6, 6.07) is 13.4. The van der Waals surface area contributed by atoms with E-state index in [1.54, 1.807) is 29.5 Å². The van der Waals surface area contributed by atoms with E-state index in [-0.39, 0.29) is 18.3 Å². The predicted molar refractivity (Wildman–Crippen MR) is 99.0 cm³/mol. The molecule has 2 heterocycles. The van der Waals surface area contributed by atoms with E-state index in [1.165, 1.54) is 12.1 Å². The van der Waals surface area contributed by atoms with Crippen molar-refractivity contribution in [3.05, 3.63) is 72.1 Å². The minimum absolute atomic E-state index is 0.0504. The molecule has 0 saturated heterocycles. The lowest BCUT2D eigenvalue weighted by molar-refractivity contribution is -0.118. The number of rotatable bonds is 5. The number of aromatic nitrogens is 2. The first kappa shape index (κ1) is 16.3. The first-order valence-corrected chi connectivity index (χ1v) is 8.77. The lowest BCUT2D eigenvalue weighted by atomic mass is 10.1. The van der Waals surface area contributed by atoms with Gasteiger partial charge in [-0.1, -0.05) is 24.3 Å². The van der Waals surface area contributed by atoms with E-state index in [9.17, 15) is 9.18 Å². The normalized spacial score (nSPS) is 10.8. The maximum Gasteiger partial charge on any atom is 0.262 e. The predicted octanol–water partition coefficient (Wildman–Crippen LogP) is 4.22. The molecule has 0 bridgehead atoms. The second-order valence-electron chi connectivity index (χ2n) is 5.57. The average Bonchev–Trinajstić information content (AvgIpc) is 3.23. The Balaban J connectivity index is 1.44. The van der Waals surface area contributed by atoms with Crippen LogP contribution in [-0.2, 0) is 4.79 Å². The van der Waals surface area contributed by atoms with E-state index in [4.69, 9.17) is 4.74 Å². The number of nitrogens with zero attached hydrogens (tertiary/aromatic N) is 2. The molecule has 1 N–H and O–H groups in total. The van der Waals surface area contributed by atoms with Crippen molar-refractivity contribution >= 4 is 27.9 Å². The van der Waals surface area contributed by atoms with E-state index < -0.39 is 5.82 Å². The van der Waals surface area contributed by atoms with Crippen LogP contribution in [0, 0.1) is 5.82 Å². The quantitative estimate of drug-likeness (QED) is 0.575. The topological polar surface area (TPSA) is 55.6 Å². The minimum atomic E-state index is -0.498. The number of carbonyl (C=O) groups is 1. The molecule has 0 saturated carbocycles. The van der Waals surface area contributed by atoms with Gasteiger partial charge in [0.15, 0.2) is 23.1 Å². The van der Waals surface area contributed by atoms with Gasteiger partial charge < -0.3 is 10.1 Å². The summed E-state index contributed by atoms with van der Waals surface area (Å²) in [5.41, 5.74) is 2.35. The molecule has 130 valence electrons. The van der Waals surface area contributed by atoms with Gasteiger partial charge in [-0.05, 0) is 24.3 Å². The zero-order valence-electron chi connectivity index (χ0n) is 13.6. The number of anilines is 1. The molecule has 4 rings (SSSR count).